The van der Waals surface area contributed by atoms with Crippen LogP contribution in [0.25, 0.3) is 10.9 Å². The summed E-state index contributed by atoms with van der Waals surface area (Å²) in [6.45, 7) is 1.76. The lowest BCUT2D eigenvalue weighted by molar-refractivity contribution is 0.293. The van der Waals surface area contributed by atoms with Crippen LogP contribution < -0.4 is 0 Å². The van der Waals surface area contributed by atoms with Gasteiger partial charge in [-0.05, 0) is 47.8 Å². The van der Waals surface area contributed by atoms with E-state index in [0.717, 1.165) is 24.2 Å². The van der Waals surface area contributed by atoms with Gasteiger partial charge in [-0.25, -0.2) is 4.39 Å². The average Bonchev–Trinajstić information content (AvgIpc) is 2.89. The third kappa shape index (κ3) is 2.14. The fourth-order valence-corrected chi connectivity index (χ4v) is 3.37. The Kier molecular flexibility index (Phi) is 2.82. The molecule has 2 nitrogen and oxygen atoms in total. The topological polar surface area (TPSA) is 19.0 Å². The zero-order valence-electron chi connectivity index (χ0n) is 11.9. The second-order valence-corrected chi connectivity index (χ2v) is 5.90. The molecular formula is C18H17FN2. The van der Waals surface area contributed by atoms with Gasteiger partial charge in [-0.3, -0.25) is 0 Å². The van der Waals surface area contributed by atoms with Gasteiger partial charge in [0.25, 0.3) is 0 Å². The second kappa shape index (κ2) is 4.71. The maximum absolute atomic E-state index is 13.5. The molecule has 0 spiro atoms. The fourth-order valence-electron chi connectivity index (χ4n) is 3.37. The number of benzene rings is 2. The molecule has 106 valence electrons. The number of halogens is 1. The molecule has 1 atom stereocenters. The van der Waals surface area contributed by atoms with Crippen LogP contribution in [0, 0.1) is 5.82 Å². The number of aromatic nitrogens is 1. The number of likely N-dealkylation sites (N-methyl/N-ethyl adjacent to an activating group) is 1. The molecule has 3 aromatic rings. The monoisotopic (exact) mass is 280 g/mol. The molecule has 0 amide bonds. The summed E-state index contributed by atoms with van der Waals surface area (Å²) in [7, 11) is 2.09. The van der Waals surface area contributed by atoms with Crippen LogP contribution in [-0.2, 0) is 6.54 Å². The van der Waals surface area contributed by atoms with E-state index in [4.69, 9.17) is 0 Å². The number of hydrogen-bond donors (Lipinski definition) is 1. The van der Waals surface area contributed by atoms with E-state index < -0.39 is 0 Å². The van der Waals surface area contributed by atoms with E-state index in [1.807, 2.05) is 12.1 Å². The van der Waals surface area contributed by atoms with Crippen molar-refractivity contribution in [3.05, 3.63) is 71.2 Å². The van der Waals surface area contributed by atoms with Crippen LogP contribution in [0.4, 0.5) is 4.39 Å². The van der Waals surface area contributed by atoms with E-state index in [2.05, 4.69) is 41.2 Å². The Morgan fingerprint density at radius 1 is 1.14 bits per heavy atom. The lowest BCUT2D eigenvalue weighted by Gasteiger charge is -2.31. The van der Waals surface area contributed by atoms with Crippen molar-refractivity contribution in [3.63, 3.8) is 0 Å². The van der Waals surface area contributed by atoms with Gasteiger partial charge in [0.2, 0.25) is 0 Å². The third-order valence-electron chi connectivity index (χ3n) is 4.34. The van der Waals surface area contributed by atoms with Gasteiger partial charge in [0, 0.05) is 30.2 Å². The predicted molar refractivity (Wildman–Crippen MR) is 82.9 cm³/mol. The first-order valence-corrected chi connectivity index (χ1v) is 7.25. The molecule has 0 saturated carbocycles. The van der Waals surface area contributed by atoms with E-state index in [0.29, 0.717) is 0 Å². The summed E-state index contributed by atoms with van der Waals surface area (Å²) in [5.41, 5.74) is 4.69. The molecule has 1 unspecified atom stereocenters. The molecular weight excluding hydrogens is 263 g/mol. The molecule has 1 aliphatic heterocycles. The summed E-state index contributed by atoms with van der Waals surface area (Å²) in [4.78, 5) is 5.77. The Morgan fingerprint density at radius 3 is 2.86 bits per heavy atom. The number of rotatable bonds is 1. The Balaban J connectivity index is 1.84. The third-order valence-corrected chi connectivity index (χ3v) is 4.34. The highest BCUT2D eigenvalue weighted by Gasteiger charge is 2.26. The minimum Gasteiger partial charge on any atom is -0.358 e. The number of nitrogens with zero attached hydrogens (tertiary/aromatic N) is 1. The lowest BCUT2D eigenvalue weighted by atomic mass is 9.87. The van der Waals surface area contributed by atoms with Crippen molar-refractivity contribution in [1.29, 1.82) is 0 Å². The lowest BCUT2D eigenvalue weighted by Crippen LogP contribution is -2.31. The van der Waals surface area contributed by atoms with E-state index in [1.165, 1.54) is 16.6 Å². The van der Waals surface area contributed by atoms with Gasteiger partial charge < -0.3 is 9.88 Å². The number of aromatic amines is 1. The first kappa shape index (κ1) is 12.6. The summed E-state index contributed by atoms with van der Waals surface area (Å²) in [6, 6.07) is 15.7. The number of fused-ring (bicyclic) bond motifs is 2. The van der Waals surface area contributed by atoms with Crippen molar-refractivity contribution in [2.75, 3.05) is 13.6 Å². The molecule has 4 rings (SSSR count). The summed E-state index contributed by atoms with van der Waals surface area (Å²) in [6.07, 6.45) is 0. The number of hydrogen-bond acceptors (Lipinski definition) is 1. The Labute approximate surface area is 123 Å². The molecule has 0 aliphatic carbocycles. The molecule has 1 aliphatic rings. The van der Waals surface area contributed by atoms with Crippen LogP contribution >= 0.6 is 0 Å². The smallest absolute Gasteiger partial charge is 0.123 e. The first-order chi connectivity index (χ1) is 10.2. The van der Waals surface area contributed by atoms with E-state index in [1.54, 1.807) is 12.1 Å². The van der Waals surface area contributed by atoms with Gasteiger partial charge in [-0.15, -0.1) is 0 Å². The SMILES string of the molecule is CN1Cc2cc(F)ccc2C(c2cc3ccccc3[nH]2)C1. The zero-order valence-corrected chi connectivity index (χ0v) is 11.9. The van der Waals surface area contributed by atoms with Crippen molar-refractivity contribution >= 4 is 10.9 Å². The standard InChI is InChI=1S/C18H17FN2/c1-21-10-13-8-14(19)6-7-15(13)16(11-21)18-9-12-4-2-3-5-17(12)20-18/h2-9,16,20H,10-11H2,1H3. The quantitative estimate of drug-likeness (QED) is 0.716. The predicted octanol–water partition coefficient (Wildman–Crippen LogP) is 3.88. The number of para-hydroxylation sites is 1. The van der Waals surface area contributed by atoms with E-state index in [9.17, 15) is 4.39 Å². The molecule has 2 heterocycles. The molecule has 0 saturated heterocycles. The largest absolute Gasteiger partial charge is 0.358 e. The van der Waals surface area contributed by atoms with Crippen molar-refractivity contribution in [1.82, 2.24) is 9.88 Å². The van der Waals surface area contributed by atoms with E-state index in [-0.39, 0.29) is 11.7 Å². The minimum atomic E-state index is -0.153. The van der Waals surface area contributed by atoms with Gasteiger partial charge in [-0.1, -0.05) is 24.3 Å². The Bertz CT molecular complexity index is 773. The highest BCUT2D eigenvalue weighted by atomic mass is 19.1. The zero-order chi connectivity index (χ0) is 14.4. The minimum absolute atomic E-state index is 0.153. The molecule has 0 fully saturated rings. The maximum Gasteiger partial charge on any atom is 0.123 e. The number of nitrogens with one attached hydrogen (secondary N) is 1. The van der Waals surface area contributed by atoms with Crippen molar-refractivity contribution in [3.8, 4) is 0 Å². The fraction of sp³-hybridized carbons (Fsp3) is 0.222. The normalized spacial score (nSPS) is 18.9. The molecule has 3 heteroatoms. The molecule has 21 heavy (non-hydrogen) atoms. The van der Waals surface area contributed by atoms with Gasteiger partial charge >= 0.3 is 0 Å². The van der Waals surface area contributed by atoms with Crippen LogP contribution in [0.3, 0.4) is 0 Å². The summed E-state index contributed by atoms with van der Waals surface area (Å²) in [5, 5.41) is 1.23. The van der Waals surface area contributed by atoms with Crippen LogP contribution in [0.5, 0.6) is 0 Å². The van der Waals surface area contributed by atoms with Gasteiger partial charge in [0.05, 0.1) is 0 Å². The summed E-state index contributed by atoms with van der Waals surface area (Å²) < 4.78 is 13.5. The number of H-pyrrole nitrogens is 1. The van der Waals surface area contributed by atoms with E-state index >= 15 is 0 Å². The van der Waals surface area contributed by atoms with Gasteiger partial charge in [0.1, 0.15) is 5.82 Å². The highest BCUT2D eigenvalue weighted by Crippen LogP contribution is 2.34. The Morgan fingerprint density at radius 2 is 2.00 bits per heavy atom. The molecule has 1 aromatic heterocycles. The second-order valence-electron chi connectivity index (χ2n) is 5.90. The van der Waals surface area contributed by atoms with Gasteiger partial charge in [0.15, 0.2) is 0 Å². The van der Waals surface area contributed by atoms with Gasteiger partial charge in [-0.2, -0.15) is 0 Å². The molecule has 1 N–H and O–H groups in total. The molecule has 0 bridgehead atoms. The van der Waals surface area contributed by atoms with Crippen molar-refractivity contribution in [2.45, 2.75) is 12.5 Å². The average molecular weight is 280 g/mol. The molecule has 0 radical (unpaired) electrons. The first-order valence-electron chi connectivity index (χ1n) is 7.25. The summed E-state index contributed by atoms with van der Waals surface area (Å²) in [5.74, 6) is 0.117. The Hall–Kier alpha value is -2.13. The summed E-state index contributed by atoms with van der Waals surface area (Å²) >= 11 is 0. The maximum atomic E-state index is 13.5. The molecule has 2 aromatic carbocycles. The van der Waals surface area contributed by atoms with Crippen LogP contribution in [0.2, 0.25) is 0 Å². The van der Waals surface area contributed by atoms with Crippen LogP contribution in [-0.4, -0.2) is 23.5 Å². The van der Waals surface area contributed by atoms with Crippen molar-refractivity contribution < 1.29 is 4.39 Å². The van der Waals surface area contributed by atoms with Crippen LogP contribution in [0.15, 0.2) is 48.5 Å². The van der Waals surface area contributed by atoms with Crippen molar-refractivity contribution in [2.24, 2.45) is 0 Å². The highest BCUT2D eigenvalue weighted by molar-refractivity contribution is 5.80. The van der Waals surface area contributed by atoms with Crippen LogP contribution in [0.1, 0.15) is 22.7 Å².